The van der Waals surface area contributed by atoms with Crippen molar-refractivity contribution in [2.45, 2.75) is 89.1 Å². The van der Waals surface area contributed by atoms with E-state index in [2.05, 4.69) is 5.32 Å². The number of esters is 1. The fourth-order valence-corrected chi connectivity index (χ4v) is 6.50. The highest BCUT2D eigenvalue weighted by Gasteiger charge is 2.44. The SMILES string of the molecule is CSC[C@@H](C(N)=O)N(C(=O)[C@H](Cc1ccccc1)NC(=O)N1CCOCC1)[C@H](CC1CCCCC1)[C@@H](O)C(=O)OC(C)C. The van der Waals surface area contributed by atoms with Crippen LogP contribution in [0.4, 0.5) is 4.79 Å². The van der Waals surface area contributed by atoms with Crippen molar-refractivity contribution in [1.29, 1.82) is 0 Å². The molecule has 1 aromatic carbocycles. The van der Waals surface area contributed by atoms with E-state index in [1.165, 1.54) is 16.7 Å². The largest absolute Gasteiger partial charge is 0.461 e. The summed E-state index contributed by atoms with van der Waals surface area (Å²) < 4.78 is 10.8. The molecular formula is C31H48N4O7S. The third kappa shape index (κ3) is 10.4. The monoisotopic (exact) mass is 620 g/mol. The zero-order chi connectivity index (χ0) is 31.4. The first-order chi connectivity index (χ1) is 20.6. The summed E-state index contributed by atoms with van der Waals surface area (Å²) in [6, 6.07) is 5.52. The van der Waals surface area contributed by atoms with Gasteiger partial charge in [-0.25, -0.2) is 9.59 Å². The standard InChI is InChI=1S/C31H48N4O7S/c1-21(2)42-30(39)27(36)25(19-23-12-8-5-9-13-23)35(26(20-43-3)28(32)37)29(38)24(18-22-10-6-4-7-11-22)33-31(40)34-14-16-41-17-15-34/h4,6-7,10-11,21,23-27,36H,5,8-9,12-20H2,1-3H3,(H2,32,37)(H,33,40)/t24-,25+,26-,27+/m0/s1. The van der Waals surface area contributed by atoms with Gasteiger partial charge in [0.25, 0.3) is 0 Å². The molecule has 1 aromatic rings. The molecule has 2 fully saturated rings. The third-order valence-corrected chi connectivity index (χ3v) is 8.68. The van der Waals surface area contributed by atoms with Gasteiger partial charge in [0.2, 0.25) is 11.8 Å². The number of rotatable bonds is 14. The maximum Gasteiger partial charge on any atom is 0.337 e. The Bertz CT molecular complexity index is 1050. The second kappa shape index (κ2) is 17.5. The van der Waals surface area contributed by atoms with Crippen molar-refractivity contribution in [1.82, 2.24) is 15.1 Å². The number of nitrogens with zero attached hydrogens (tertiary/aromatic N) is 2. The van der Waals surface area contributed by atoms with Gasteiger partial charge < -0.3 is 35.4 Å². The molecule has 4 atom stereocenters. The minimum Gasteiger partial charge on any atom is -0.461 e. The average molecular weight is 621 g/mol. The Morgan fingerprint density at radius 2 is 1.77 bits per heavy atom. The van der Waals surface area contributed by atoms with Crippen LogP contribution in [0.5, 0.6) is 0 Å². The van der Waals surface area contributed by atoms with Crippen LogP contribution >= 0.6 is 11.8 Å². The zero-order valence-electron chi connectivity index (χ0n) is 25.6. The van der Waals surface area contributed by atoms with Crippen molar-refractivity contribution in [2.75, 3.05) is 38.3 Å². The molecule has 1 aliphatic carbocycles. The lowest BCUT2D eigenvalue weighted by Crippen LogP contribution is -2.64. The van der Waals surface area contributed by atoms with Crippen molar-refractivity contribution in [3.63, 3.8) is 0 Å². The predicted octanol–water partition coefficient (Wildman–Crippen LogP) is 2.34. The number of carbonyl (C=O) groups excluding carboxylic acids is 4. The molecule has 4 N–H and O–H groups in total. The van der Waals surface area contributed by atoms with E-state index in [1.807, 2.05) is 30.3 Å². The number of hydrogen-bond acceptors (Lipinski definition) is 8. The van der Waals surface area contributed by atoms with Crippen LogP contribution in [0.25, 0.3) is 0 Å². The maximum absolute atomic E-state index is 14.7. The van der Waals surface area contributed by atoms with Crippen molar-refractivity contribution in [3.05, 3.63) is 35.9 Å². The third-order valence-electron chi connectivity index (χ3n) is 8.03. The van der Waals surface area contributed by atoms with E-state index in [9.17, 15) is 24.3 Å². The average Bonchev–Trinajstić information content (AvgIpc) is 3.00. The number of aliphatic hydroxyl groups excluding tert-OH is 1. The molecule has 12 heteroatoms. The lowest BCUT2D eigenvalue weighted by atomic mass is 9.82. The molecule has 0 radical (unpaired) electrons. The molecule has 0 spiro atoms. The molecule has 0 unspecified atom stereocenters. The van der Waals surface area contributed by atoms with E-state index in [0.717, 1.165) is 37.7 Å². The van der Waals surface area contributed by atoms with Gasteiger partial charge >= 0.3 is 12.0 Å². The molecule has 2 aliphatic rings. The molecule has 3 rings (SSSR count). The number of ether oxygens (including phenoxy) is 2. The maximum atomic E-state index is 14.7. The van der Waals surface area contributed by atoms with Gasteiger partial charge in [0, 0.05) is 25.3 Å². The van der Waals surface area contributed by atoms with Crippen LogP contribution in [0, 0.1) is 5.92 Å². The smallest absolute Gasteiger partial charge is 0.337 e. The predicted molar refractivity (Wildman–Crippen MR) is 165 cm³/mol. The van der Waals surface area contributed by atoms with Crippen LogP contribution < -0.4 is 11.1 Å². The number of morpholine rings is 1. The van der Waals surface area contributed by atoms with Gasteiger partial charge in [-0.1, -0.05) is 62.4 Å². The fraction of sp³-hybridized carbons (Fsp3) is 0.677. The Morgan fingerprint density at radius 3 is 2.35 bits per heavy atom. The summed E-state index contributed by atoms with van der Waals surface area (Å²) in [6.07, 6.45) is 4.92. The number of urea groups is 1. The number of hydrogen-bond donors (Lipinski definition) is 3. The quantitative estimate of drug-likeness (QED) is 0.268. The van der Waals surface area contributed by atoms with Crippen LogP contribution in [0.2, 0.25) is 0 Å². The molecule has 1 aliphatic heterocycles. The minimum atomic E-state index is -1.70. The van der Waals surface area contributed by atoms with E-state index in [-0.39, 0.29) is 18.1 Å². The van der Waals surface area contributed by atoms with E-state index < -0.39 is 54.1 Å². The molecule has 0 bridgehead atoms. The second-order valence-corrected chi connectivity index (χ2v) is 12.6. The number of nitrogens with one attached hydrogen (secondary N) is 1. The molecule has 1 saturated heterocycles. The summed E-state index contributed by atoms with van der Waals surface area (Å²) in [5, 5.41) is 14.4. The highest BCUT2D eigenvalue weighted by Crippen LogP contribution is 2.31. The molecule has 240 valence electrons. The van der Waals surface area contributed by atoms with Gasteiger partial charge in [0.05, 0.1) is 25.4 Å². The molecule has 4 amide bonds. The summed E-state index contributed by atoms with van der Waals surface area (Å²) in [4.78, 5) is 57.1. The summed E-state index contributed by atoms with van der Waals surface area (Å²) in [5.41, 5.74) is 6.71. The van der Waals surface area contributed by atoms with Crippen molar-refractivity contribution < 1.29 is 33.8 Å². The second-order valence-electron chi connectivity index (χ2n) is 11.6. The first kappa shape index (κ1) is 34.7. The topological polar surface area (TPSA) is 152 Å². The van der Waals surface area contributed by atoms with E-state index in [4.69, 9.17) is 15.2 Å². The molecule has 1 saturated carbocycles. The lowest BCUT2D eigenvalue weighted by molar-refractivity contribution is -0.166. The molecule has 43 heavy (non-hydrogen) atoms. The Hall–Kier alpha value is -2.83. The van der Waals surface area contributed by atoms with Crippen molar-refractivity contribution in [2.24, 2.45) is 11.7 Å². The number of thioether (sulfide) groups is 1. The zero-order valence-corrected chi connectivity index (χ0v) is 26.4. The van der Waals surface area contributed by atoms with E-state index >= 15 is 0 Å². The number of carbonyl (C=O) groups is 4. The summed E-state index contributed by atoms with van der Waals surface area (Å²) >= 11 is 1.33. The highest BCUT2D eigenvalue weighted by atomic mass is 32.2. The van der Waals surface area contributed by atoms with E-state index in [0.29, 0.717) is 32.7 Å². The molecular weight excluding hydrogens is 572 g/mol. The van der Waals surface area contributed by atoms with E-state index in [1.54, 1.807) is 25.0 Å². The first-order valence-corrected chi connectivity index (χ1v) is 16.7. The van der Waals surface area contributed by atoms with Crippen LogP contribution in [0.1, 0.15) is 57.9 Å². The van der Waals surface area contributed by atoms with Crippen LogP contribution in [0.15, 0.2) is 30.3 Å². The van der Waals surface area contributed by atoms with Gasteiger partial charge in [0.1, 0.15) is 12.1 Å². The van der Waals surface area contributed by atoms with Gasteiger partial charge in [-0.3, -0.25) is 9.59 Å². The summed E-state index contributed by atoms with van der Waals surface area (Å²) in [5.74, 6) is -1.91. The van der Waals surface area contributed by atoms with Crippen molar-refractivity contribution in [3.8, 4) is 0 Å². The molecule has 11 nitrogen and oxygen atoms in total. The minimum absolute atomic E-state index is 0.133. The number of benzene rings is 1. The normalized spacial score (nSPS) is 18.8. The van der Waals surface area contributed by atoms with Gasteiger partial charge in [0.15, 0.2) is 6.10 Å². The van der Waals surface area contributed by atoms with Crippen LogP contribution in [-0.4, -0.2) is 107 Å². The van der Waals surface area contributed by atoms with Gasteiger partial charge in [-0.05, 0) is 38.0 Å². The Kier molecular flexibility index (Phi) is 14.1. The van der Waals surface area contributed by atoms with Gasteiger partial charge in [-0.15, -0.1) is 0 Å². The van der Waals surface area contributed by atoms with Crippen LogP contribution in [-0.2, 0) is 30.3 Å². The first-order valence-electron chi connectivity index (χ1n) is 15.3. The molecule has 0 aromatic heterocycles. The number of primary amides is 1. The summed E-state index contributed by atoms with van der Waals surface area (Å²) in [6.45, 7) is 4.90. The highest BCUT2D eigenvalue weighted by molar-refractivity contribution is 7.98. The van der Waals surface area contributed by atoms with Gasteiger partial charge in [-0.2, -0.15) is 11.8 Å². The number of amides is 4. The Balaban J connectivity index is 2.06. The van der Waals surface area contributed by atoms with Crippen molar-refractivity contribution >= 4 is 35.6 Å². The number of aliphatic hydroxyl groups is 1. The number of nitrogens with two attached hydrogens (primary N) is 1. The Labute approximate surface area is 259 Å². The Morgan fingerprint density at radius 1 is 1.12 bits per heavy atom. The fourth-order valence-electron chi connectivity index (χ4n) is 5.86. The van der Waals surface area contributed by atoms with Crippen LogP contribution in [0.3, 0.4) is 0 Å². The lowest BCUT2D eigenvalue weighted by Gasteiger charge is -2.42. The molecule has 1 heterocycles. The summed E-state index contributed by atoms with van der Waals surface area (Å²) in [7, 11) is 0.